The summed E-state index contributed by atoms with van der Waals surface area (Å²) in [7, 11) is -3.48. The molecule has 0 saturated carbocycles. The van der Waals surface area contributed by atoms with Gasteiger partial charge in [0, 0.05) is 31.3 Å². The van der Waals surface area contributed by atoms with Crippen molar-refractivity contribution in [3.63, 3.8) is 0 Å². The summed E-state index contributed by atoms with van der Waals surface area (Å²) in [6.45, 7) is 13.6. The van der Waals surface area contributed by atoms with Crippen molar-refractivity contribution in [3.8, 4) is 22.9 Å². The molecule has 0 bridgehead atoms. The van der Waals surface area contributed by atoms with Gasteiger partial charge in [-0.1, -0.05) is 53.4 Å². The van der Waals surface area contributed by atoms with E-state index in [4.69, 9.17) is 0 Å². The van der Waals surface area contributed by atoms with E-state index in [1.165, 1.54) is 22.7 Å². The van der Waals surface area contributed by atoms with Crippen LogP contribution in [0.3, 0.4) is 0 Å². The first-order chi connectivity index (χ1) is 19.2. The summed E-state index contributed by atoms with van der Waals surface area (Å²) in [5, 5.41) is 5.51. The first-order valence-electron chi connectivity index (χ1n) is 14.5. The Morgan fingerprint density at radius 1 is 0.525 bits per heavy atom. The molecule has 0 fully saturated rings. The van der Waals surface area contributed by atoms with Gasteiger partial charge in [0.15, 0.2) is 10.3 Å². The molecule has 0 radical (unpaired) electrons. The molecule has 206 valence electrons. The summed E-state index contributed by atoms with van der Waals surface area (Å²) in [6.07, 6.45) is 0. The Morgan fingerprint density at radius 2 is 0.850 bits per heavy atom. The molecule has 0 aliphatic rings. The molecule has 0 nitrogen and oxygen atoms in total. The summed E-state index contributed by atoms with van der Waals surface area (Å²) in [5.74, 6) is 7.39. The van der Waals surface area contributed by atoms with Gasteiger partial charge in [0.05, 0.1) is 0 Å². The maximum atomic E-state index is 14.5. The van der Waals surface area contributed by atoms with Crippen molar-refractivity contribution in [2.75, 3.05) is 0 Å². The van der Waals surface area contributed by atoms with Crippen LogP contribution in [0.5, 0.6) is 0 Å². The van der Waals surface area contributed by atoms with Crippen molar-refractivity contribution < 1.29 is 8.78 Å². The molecule has 0 spiro atoms. The monoisotopic (exact) mass is 602 g/mol. The maximum absolute atomic E-state index is 14.5. The van der Waals surface area contributed by atoms with E-state index in [2.05, 4.69) is 88.7 Å². The van der Waals surface area contributed by atoms with Gasteiger partial charge in [-0.15, -0.1) is 33.8 Å². The quantitative estimate of drug-likeness (QED) is 0.103. The Kier molecular flexibility index (Phi) is 8.28. The van der Waals surface area contributed by atoms with Crippen LogP contribution in [0.4, 0.5) is 8.78 Å². The molecule has 0 N–H and O–H groups in total. The van der Waals surface area contributed by atoms with Crippen LogP contribution in [0.2, 0.25) is 36.3 Å². The van der Waals surface area contributed by atoms with Crippen molar-refractivity contribution in [2.45, 2.75) is 77.8 Å². The number of hydrogen-bond acceptors (Lipinski definition) is 2. The van der Waals surface area contributed by atoms with E-state index in [-0.39, 0.29) is 10.3 Å². The number of benzene rings is 3. The SMILES string of the molecule is CC[Si](C#Cc1c2cc3cc(F)sc3cc2c(C#C[Si](CC)(CC)CC)c2cc3sc(F)cc3cc12)(CC)CC. The zero-order valence-corrected chi connectivity index (χ0v) is 27.9. The van der Waals surface area contributed by atoms with Crippen molar-refractivity contribution in [2.24, 2.45) is 0 Å². The van der Waals surface area contributed by atoms with E-state index in [1.807, 2.05) is 0 Å². The lowest BCUT2D eigenvalue weighted by molar-refractivity contribution is 0.658. The molecule has 5 aromatic rings. The second-order valence-electron chi connectivity index (χ2n) is 10.9. The largest absolute Gasteiger partial charge is 0.195 e. The van der Waals surface area contributed by atoms with Gasteiger partial charge in [-0.05, 0) is 94.2 Å². The molecule has 0 unspecified atom stereocenters. The highest BCUT2D eigenvalue weighted by atomic mass is 32.1. The van der Waals surface area contributed by atoms with Crippen LogP contribution in [-0.2, 0) is 0 Å². The van der Waals surface area contributed by atoms with Gasteiger partial charge in [-0.25, -0.2) is 0 Å². The van der Waals surface area contributed by atoms with E-state index in [0.29, 0.717) is 0 Å². The molecule has 0 saturated heterocycles. The average Bonchev–Trinajstić information content (AvgIpc) is 3.52. The summed E-state index contributed by atoms with van der Waals surface area (Å²) in [5.41, 5.74) is 9.56. The molecule has 3 aromatic carbocycles. The van der Waals surface area contributed by atoms with Gasteiger partial charge in [0.1, 0.15) is 16.1 Å². The first-order valence-corrected chi connectivity index (χ1v) is 21.4. The molecular weight excluding hydrogens is 567 g/mol. The Bertz CT molecular complexity index is 1620. The zero-order valence-electron chi connectivity index (χ0n) is 24.3. The molecule has 0 amide bonds. The summed E-state index contributed by atoms with van der Waals surface area (Å²) in [6, 6.07) is 18.4. The second-order valence-corrected chi connectivity index (χ2v) is 22.8. The highest BCUT2D eigenvalue weighted by molar-refractivity contribution is 7.18. The van der Waals surface area contributed by atoms with E-state index in [0.717, 1.165) is 89.1 Å². The Hall–Kier alpha value is -2.49. The minimum atomic E-state index is -1.74. The lowest BCUT2D eigenvalue weighted by Gasteiger charge is -2.21. The van der Waals surface area contributed by atoms with Crippen LogP contribution in [0.15, 0.2) is 36.4 Å². The van der Waals surface area contributed by atoms with Gasteiger partial charge in [0.25, 0.3) is 0 Å². The highest BCUT2D eigenvalue weighted by Crippen LogP contribution is 2.40. The molecule has 0 atom stereocenters. The molecule has 0 aliphatic heterocycles. The minimum Gasteiger partial charge on any atom is -0.195 e. The van der Waals surface area contributed by atoms with Crippen molar-refractivity contribution in [1.82, 2.24) is 0 Å². The highest BCUT2D eigenvalue weighted by Gasteiger charge is 2.26. The van der Waals surface area contributed by atoms with Crippen molar-refractivity contribution in [3.05, 3.63) is 57.8 Å². The third kappa shape index (κ3) is 5.05. The standard InChI is InChI=1S/C34H36F2S2Si2/c1-7-39(8-2,9-3)15-13-25-27-17-23-19-33(35)37-31(23)21-29(27)26(14-16-40(10-4,11-5)12-6)30-22-32-24(18-28(25)30)20-34(36)38-32/h17-22H,7-12H2,1-6H3. The van der Waals surface area contributed by atoms with Crippen LogP contribution in [0, 0.1) is 33.2 Å². The van der Waals surface area contributed by atoms with Crippen LogP contribution < -0.4 is 0 Å². The third-order valence-electron chi connectivity index (χ3n) is 9.30. The van der Waals surface area contributed by atoms with E-state index in [9.17, 15) is 8.78 Å². The fraction of sp³-hybridized carbons (Fsp3) is 0.353. The zero-order chi connectivity index (χ0) is 28.7. The van der Waals surface area contributed by atoms with E-state index in [1.54, 1.807) is 12.1 Å². The molecule has 6 heteroatoms. The first kappa shape index (κ1) is 29.0. The lowest BCUT2D eigenvalue weighted by atomic mass is 9.91. The van der Waals surface area contributed by atoms with E-state index >= 15 is 0 Å². The van der Waals surface area contributed by atoms with Crippen LogP contribution in [0.1, 0.15) is 52.7 Å². The summed E-state index contributed by atoms with van der Waals surface area (Å²) < 4.78 is 30.8. The minimum absolute atomic E-state index is 0.185. The number of halogens is 2. The lowest BCUT2D eigenvalue weighted by Crippen LogP contribution is -2.29. The number of thiophene rings is 2. The van der Waals surface area contributed by atoms with Gasteiger partial charge in [-0.3, -0.25) is 0 Å². The van der Waals surface area contributed by atoms with Gasteiger partial charge < -0.3 is 0 Å². The van der Waals surface area contributed by atoms with Gasteiger partial charge in [0.2, 0.25) is 0 Å². The average molecular weight is 603 g/mol. The van der Waals surface area contributed by atoms with Crippen LogP contribution >= 0.6 is 22.7 Å². The Labute approximate surface area is 246 Å². The number of rotatable bonds is 6. The Balaban J connectivity index is 1.99. The second kappa shape index (κ2) is 11.4. The van der Waals surface area contributed by atoms with Crippen LogP contribution in [0.25, 0.3) is 41.7 Å². The van der Waals surface area contributed by atoms with E-state index < -0.39 is 16.1 Å². The molecule has 5 rings (SSSR count). The fourth-order valence-electron chi connectivity index (χ4n) is 5.92. The molecule has 0 aliphatic carbocycles. The topological polar surface area (TPSA) is 0 Å². The van der Waals surface area contributed by atoms with Gasteiger partial charge >= 0.3 is 0 Å². The van der Waals surface area contributed by atoms with Crippen LogP contribution in [-0.4, -0.2) is 16.1 Å². The molecule has 40 heavy (non-hydrogen) atoms. The normalized spacial score (nSPS) is 12.2. The maximum Gasteiger partial charge on any atom is 0.177 e. The molecule has 2 heterocycles. The summed E-state index contributed by atoms with van der Waals surface area (Å²) >= 11 is 2.35. The third-order valence-corrected chi connectivity index (χ3v) is 20.5. The summed E-state index contributed by atoms with van der Waals surface area (Å²) in [4.78, 5) is 0. The van der Waals surface area contributed by atoms with Gasteiger partial charge in [-0.2, -0.15) is 8.78 Å². The fourth-order valence-corrected chi connectivity index (χ4v) is 12.4. The molecule has 2 aromatic heterocycles. The molecular formula is C34H36F2S2Si2. The predicted molar refractivity (Wildman–Crippen MR) is 180 cm³/mol. The predicted octanol–water partition coefficient (Wildman–Crippen LogP) is 11.5. The Morgan fingerprint density at radius 3 is 1.18 bits per heavy atom. The number of fused-ring (bicyclic) bond motifs is 4. The number of hydrogen-bond donors (Lipinski definition) is 0. The van der Waals surface area contributed by atoms with Crippen molar-refractivity contribution >= 4 is 80.5 Å². The van der Waals surface area contributed by atoms with Crippen molar-refractivity contribution in [1.29, 1.82) is 0 Å². The smallest absolute Gasteiger partial charge is 0.177 e.